The number of methoxy groups -OCH3 is 1. The first kappa shape index (κ1) is 10.3. The molecule has 0 radical (unpaired) electrons. The summed E-state index contributed by atoms with van der Waals surface area (Å²) in [6.45, 7) is 0. The van der Waals surface area contributed by atoms with Gasteiger partial charge in [-0.25, -0.2) is 0 Å². The van der Waals surface area contributed by atoms with E-state index in [4.69, 9.17) is 4.74 Å². The van der Waals surface area contributed by atoms with E-state index in [9.17, 15) is 0 Å². The van der Waals surface area contributed by atoms with Crippen molar-refractivity contribution in [3.63, 3.8) is 0 Å². The van der Waals surface area contributed by atoms with Gasteiger partial charge in [-0.05, 0) is 0 Å². The average Bonchev–Trinajstić information content (AvgIpc) is 2.65. The maximum absolute atomic E-state index is 5.32. The van der Waals surface area contributed by atoms with Gasteiger partial charge in [0.25, 0.3) is 0 Å². The summed E-state index contributed by atoms with van der Waals surface area (Å²) in [6.07, 6.45) is 6.19. The summed E-state index contributed by atoms with van der Waals surface area (Å²) in [5, 5.41) is 0. The summed E-state index contributed by atoms with van der Waals surface area (Å²) < 4.78 is 10.8. The molecule has 0 spiro atoms. The molecule has 4 heteroatoms. The molecule has 0 aliphatic carbocycles. The Morgan fingerprint density at radius 3 is 2.80 bits per heavy atom. The van der Waals surface area contributed by atoms with Gasteiger partial charge in [0.05, 0.1) is 0 Å². The summed E-state index contributed by atoms with van der Waals surface area (Å²) in [5.41, 5.74) is 0. The van der Waals surface area contributed by atoms with Gasteiger partial charge in [-0.15, -0.1) is 0 Å². The number of aromatic nitrogens is 2. The van der Waals surface area contributed by atoms with Crippen molar-refractivity contribution in [1.29, 1.82) is 0 Å². The Morgan fingerprint density at radius 1 is 1.33 bits per heavy atom. The fourth-order valence-corrected chi connectivity index (χ4v) is 3.22. The van der Waals surface area contributed by atoms with Gasteiger partial charge in [-0.2, -0.15) is 0 Å². The molecule has 2 aromatic rings. The predicted octanol–water partition coefficient (Wildman–Crippen LogP) is 0.114. The second kappa shape index (κ2) is 4.51. The van der Waals surface area contributed by atoms with E-state index in [0.29, 0.717) is 0 Å². The van der Waals surface area contributed by atoms with Crippen LogP contribution in [-0.2, 0) is 7.05 Å². The number of aryl methyl sites for hydroxylation is 1. The van der Waals surface area contributed by atoms with E-state index in [2.05, 4.69) is 22.2 Å². The van der Waals surface area contributed by atoms with Gasteiger partial charge < -0.3 is 0 Å². The quantitative estimate of drug-likeness (QED) is 0.571. The summed E-state index contributed by atoms with van der Waals surface area (Å²) in [6, 6.07) is 8.15. The molecular weight excluding hydrogens is 255 g/mol. The number of hydrogen-bond acceptors (Lipinski definition) is 1. The van der Waals surface area contributed by atoms with Crippen molar-refractivity contribution in [2.45, 2.75) is 0 Å². The zero-order chi connectivity index (χ0) is 10.7. The van der Waals surface area contributed by atoms with Crippen molar-refractivity contribution in [3.8, 4) is 5.75 Å². The molecule has 1 heterocycles. The van der Waals surface area contributed by atoms with Crippen LogP contribution in [0.15, 0.2) is 43.0 Å². The van der Waals surface area contributed by atoms with Crippen LogP contribution < -0.4 is 13.8 Å². The molecular formula is C11H13N2OSe+. The van der Waals surface area contributed by atoms with E-state index in [1.165, 1.54) is 4.46 Å². The van der Waals surface area contributed by atoms with Crippen molar-refractivity contribution in [1.82, 2.24) is 3.58 Å². The number of para-hydroxylation sites is 1. The SMILES string of the molecule is COc1ccccc1[Se]n1cc[n+](C)c1. The second-order valence-electron chi connectivity index (χ2n) is 3.18. The fraction of sp³-hybridized carbons (Fsp3) is 0.182. The van der Waals surface area contributed by atoms with Crippen LogP contribution >= 0.6 is 0 Å². The normalized spacial score (nSPS) is 10.3. The van der Waals surface area contributed by atoms with Crippen LogP contribution in [-0.4, -0.2) is 25.9 Å². The minimum atomic E-state index is 0.244. The van der Waals surface area contributed by atoms with Crippen LogP contribution in [0.5, 0.6) is 5.75 Å². The Labute approximate surface area is 95.7 Å². The van der Waals surface area contributed by atoms with Gasteiger partial charge in [0.2, 0.25) is 0 Å². The molecule has 3 nitrogen and oxygen atoms in total. The first-order chi connectivity index (χ1) is 7.29. The molecule has 78 valence electrons. The average molecular weight is 268 g/mol. The fourth-order valence-electron chi connectivity index (χ4n) is 1.29. The Morgan fingerprint density at radius 2 is 2.13 bits per heavy atom. The molecule has 0 fully saturated rings. The third-order valence-electron chi connectivity index (χ3n) is 2.02. The van der Waals surface area contributed by atoms with Gasteiger partial charge in [0, 0.05) is 0 Å². The standard InChI is InChI=1S/C11H13N2OSe/c1-12-7-8-13(9-12)15-11-6-4-3-5-10(11)14-2/h3-9H,1-2H3/q+1. The van der Waals surface area contributed by atoms with E-state index in [0.717, 1.165) is 5.75 Å². The summed E-state index contributed by atoms with van der Waals surface area (Å²) in [4.78, 5) is 0. The molecule has 1 aromatic carbocycles. The molecule has 0 atom stereocenters. The molecule has 0 unspecified atom stereocenters. The molecule has 0 amide bonds. The van der Waals surface area contributed by atoms with E-state index in [1.54, 1.807) is 7.11 Å². The van der Waals surface area contributed by atoms with Crippen LogP contribution in [0.2, 0.25) is 0 Å². The zero-order valence-electron chi connectivity index (χ0n) is 8.75. The third-order valence-corrected chi connectivity index (χ3v) is 4.03. The number of hydrogen-bond donors (Lipinski definition) is 0. The van der Waals surface area contributed by atoms with Crippen LogP contribution in [0.1, 0.15) is 0 Å². The first-order valence-electron chi connectivity index (χ1n) is 4.64. The minimum absolute atomic E-state index is 0.244. The van der Waals surface area contributed by atoms with E-state index < -0.39 is 0 Å². The van der Waals surface area contributed by atoms with Crippen LogP contribution in [0.3, 0.4) is 0 Å². The Kier molecular flexibility index (Phi) is 3.09. The Hall–Kier alpha value is -1.25. The number of imidazole rings is 1. The van der Waals surface area contributed by atoms with Crippen LogP contribution in [0.25, 0.3) is 0 Å². The predicted molar refractivity (Wildman–Crippen MR) is 59.4 cm³/mol. The van der Waals surface area contributed by atoms with Gasteiger partial charge in [-0.3, -0.25) is 0 Å². The van der Waals surface area contributed by atoms with E-state index in [-0.39, 0.29) is 15.2 Å². The van der Waals surface area contributed by atoms with Crippen molar-refractivity contribution in [2.75, 3.05) is 7.11 Å². The number of ether oxygens (including phenoxy) is 1. The summed E-state index contributed by atoms with van der Waals surface area (Å²) in [5.74, 6) is 0.967. The molecule has 15 heavy (non-hydrogen) atoms. The van der Waals surface area contributed by atoms with Crippen molar-refractivity contribution in [2.24, 2.45) is 7.05 Å². The van der Waals surface area contributed by atoms with Gasteiger partial charge in [-0.1, -0.05) is 0 Å². The van der Waals surface area contributed by atoms with Crippen LogP contribution in [0.4, 0.5) is 0 Å². The van der Waals surface area contributed by atoms with E-state index in [1.807, 2.05) is 36.0 Å². The summed E-state index contributed by atoms with van der Waals surface area (Å²) >= 11 is 0.244. The molecule has 0 aliphatic rings. The molecule has 0 N–H and O–H groups in total. The number of nitrogens with zero attached hydrogens (tertiary/aromatic N) is 2. The molecule has 2 rings (SSSR count). The monoisotopic (exact) mass is 269 g/mol. The topological polar surface area (TPSA) is 18.0 Å². The van der Waals surface area contributed by atoms with Crippen molar-refractivity contribution in [3.05, 3.63) is 43.0 Å². The van der Waals surface area contributed by atoms with Gasteiger partial charge in [0.15, 0.2) is 0 Å². The van der Waals surface area contributed by atoms with E-state index >= 15 is 0 Å². The van der Waals surface area contributed by atoms with Crippen molar-refractivity contribution < 1.29 is 9.30 Å². The zero-order valence-corrected chi connectivity index (χ0v) is 10.5. The molecule has 0 aliphatic heterocycles. The molecule has 0 saturated carbocycles. The molecule has 0 saturated heterocycles. The first-order valence-corrected chi connectivity index (χ1v) is 6.26. The van der Waals surface area contributed by atoms with Crippen molar-refractivity contribution >= 4 is 19.6 Å². The Bertz CT molecular complexity index is 453. The maximum atomic E-state index is 5.32. The third kappa shape index (κ3) is 2.41. The Balaban J connectivity index is 2.23. The second-order valence-corrected chi connectivity index (χ2v) is 5.37. The summed E-state index contributed by atoms with van der Waals surface area (Å²) in [7, 11) is 3.74. The number of benzene rings is 1. The van der Waals surface area contributed by atoms with Gasteiger partial charge >= 0.3 is 95.4 Å². The van der Waals surface area contributed by atoms with Gasteiger partial charge in [0.1, 0.15) is 0 Å². The molecule has 1 aromatic heterocycles. The number of rotatable bonds is 3. The molecule has 0 bridgehead atoms. The van der Waals surface area contributed by atoms with Crippen LogP contribution in [0, 0.1) is 0 Å².